The fraction of sp³-hybridized carbons (Fsp3) is 0.0417. The van der Waals surface area contributed by atoms with Crippen LogP contribution in [0.15, 0.2) is 89.5 Å². The number of oxazole rings is 1. The number of hydrogen-bond donors (Lipinski definition) is 3. The molecule has 4 rings (SSSR count). The van der Waals surface area contributed by atoms with Gasteiger partial charge in [-0.3, -0.25) is 4.79 Å². The van der Waals surface area contributed by atoms with Crippen LogP contribution in [0.3, 0.4) is 0 Å². The molecule has 0 radical (unpaired) electrons. The highest BCUT2D eigenvalue weighted by molar-refractivity contribution is 6.00. The van der Waals surface area contributed by atoms with Crippen LogP contribution in [0.4, 0.5) is 10.5 Å². The minimum Gasteiger partial charge on any atom is -0.436 e. The summed E-state index contributed by atoms with van der Waals surface area (Å²) in [7, 11) is 0. The zero-order chi connectivity index (χ0) is 21.6. The summed E-state index contributed by atoms with van der Waals surface area (Å²) in [5.41, 5.74) is 8.57. The second-order valence-electron chi connectivity index (χ2n) is 6.81. The lowest BCUT2D eigenvalue weighted by molar-refractivity contribution is 0.0951. The maximum absolute atomic E-state index is 12.8. The summed E-state index contributed by atoms with van der Waals surface area (Å²) >= 11 is 0. The number of aromatic nitrogens is 1. The molecule has 0 aliphatic carbocycles. The molecule has 0 fully saturated rings. The highest BCUT2D eigenvalue weighted by atomic mass is 16.4. The predicted molar refractivity (Wildman–Crippen MR) is 118 cm³/mol. The van der Waals surface area contributed by atoms with Crippen molar-refractivity contribution in [2.45, 2.75) is 6.54 Å². The zero-order valence-corrected chi connectivity index (χ0v) is 16.5. The number of benzene rings is 3. The number of nitrogens with one attached hydrogen (secondary N) is 2. The molecular weight excluding hydrogens is 392 g/mol. The van der Waals surface area contributed by atoms with E-state index in [-0.39, 0.29) is 5.91 Å². The number of amides is 3. The smallest absolute Gasteiger partial charge is 0.316 e. The Kier molecular flexibility index (Phi) is 5.75. The number of urea groups is 1. The van der Waals surface area contributed by atoms with E-state index < -0.39 is 6.03 Å². The number of hydrogen-bond acceptors (Lipinski definition) is 4. The quantitative estimate of drug-likeness (QED) is 0.435. The molecule has 0 aliphatic heterocycles. The minimum absolute atomic E-state index is 0.241. The van der Waals surface area contributed by atoms with E-state index in [1.54, 1.807) is 48.7 Å². The molecule has 31 heavy (non-hydrogen) atoms. The normalized spacial score (nSPS) is 10.5. The molecule has 4 N–H and O–H groups in total. The van der Waals surface area contributed by atoms with E-state index in [4.69, 9.17) is 10.2 Å². The number of carbonyl (C=O) groups is 2. The highest BCUT2D eigenvalue weighted by Gasteiger charge is 2.16. The molecule has 0 aliphatic rings. The fourth-order valence-corrected chi connectivity index (χ4v) is 3.13. The first-order valence-corrected chi connectivity index (χ1v) is 9.64. The molecule has 3 aromatic carbocycles. The molecule has 0 saturated heterocycles. The lowest BCUT2D eigenvalue weighted by atomic mass is 10.1. The number of nitrogens with two attached hydrogens (primary N) is 1. The van der Waals surface area contributed by atoms with Crippen molar-refractivity contribution in [3.8, 4) is 22.8 Å². The maximum Gasteiger partial charge on any atom is 0.316 e. The number of primary amides is 1. The number of anilines is 1. The van der Waals surface area contributed by atoms with Crippen molar-refractivity contribution in [3.05, 3.63) is 96.2 Å². The third-order valence-electron chi connectivity index (χ3n) is 4.64. The Morgan fingerprint density at radius 1 is 0.903 bits per heavy atom. The third kappa shape index (κ3) is 4.79. The summed E-state index contributed by atoms with van der Waals surface area (Å²) in [5, 5.41) is 5.40. The maximum atomic E-state index is 12.8. The van der Waals surface area contributed by atoms with Gasteiger partial charge in [0.15, 0.2) is 5.76 Å². The molecule has 1 aromatic heterocycles. The number of rotatable bonds is 6. The van der Waals surface area contributed by atoms with Gasteiger partial charge in [0.2, 0.25) is 5.89 Å². The van der Waals surface area contributed by atoms with Crippen LogP contribution >= 0.6 is 0 Å². The van der Waals surface area contributed by atoms with Crippen molar-refractivity contribution in [3.63, 3.8) is 0 Å². The molecule has 1 heterocycles. The summed E-state index contributed by atoms with van der Waals surface area (Å²) in [6.45, 7) is 0.324. The van der Waals surface area contributed by atoms with Crippen LogP contribution in [0.5, 0.6) is 0 Å². The van der Waals surface area contributed by atoms with Gasteiger partial charge in [0, 0.05) is 23.4 Å². The molecule has 7 nitrogen and oxygen atoms in total. The Morgan fingerprint density at radius 3 is 2.35 bits per heavy atom. The van der Waals surface area contributed by atoms with Gasteiger partial charge >= 0.3 is 6.03 Å². The Bertz CT molecular complexity index is 1200. The van der Waals surface area contributed by atoms with Gasteiger partial charge in [-0.25, -0.2) is 9.78 Å². The molecule has 0 saturated carbocycles. The van der Waals surface area contributed by atoms with Crippen LogP contribution in [-0.4, -0.2) is 16.9 Å². The van der Waals surface area contributed by atoms with Crippen molar-refractivity contribution in [1.29, 1.82) is 0 Å². The van der Waals surface area contributed by atoms with Crippen LogP contribution in [0, 0.1) is 0 Å². The summed E-state index contributed by atoms with van der Waals surface area (Å²) in [5.74, 6) is 0.774. The molecule has 0 unspecified atom stereocenters. The molecule has 0 spiro atoms. The van der Waals surface area contributed by atoms with Gasteiger partial charge in [-0.2, -0.15) is 0 Å². The second kappa shape index (κ2) is 8.96. The predicted octanol–water partition coefficient (Wildman–Crippen LogP) is 4.43. The first-order chi connectivity index (χ1) is 15.1. The summed E-state index contributed by atoms with van der Waals surface area (Å²) in [4.78, 5) is 28.1. The van der Waals surface area contributed by atoms with Crippen molar-refractivity contribution < 1.29 is 14.0 Å². The fourth-order valence-electron chi connectivity index (χ4n) is 3.13. The molecule has 7 heteroatoms. The highest BCUT2D eigenvalue weighted by Crippen LogP contribution is 2.28. The summed E-state index contributed by atoms with van der Waals surface area (Å²) in [6.07, 6.45) is 1.65. The Hall–Kier alpha value is -4.39. The molecule has 4 aromatic rings. The first kappa shape index (κ1) is 19.9. The standard InChI is InChI=1S/C24H20N4O3/c25-24(30)28-18-12-10-16(11-13-18)14-26-22(29)19-8-4-5-9-20(19)23-27-15-21(31-23)17-6-2-1-3-7-17/h1-13,15H,14H2,(H,26,29)(H3,25,28,30). The topological polar surface area (TPSA) is 110 Å². The van der Waals surface area contributed by atoms with Gasteiger partial charge in [-0.05, 0) is 29.8 Å². The van der Waals surface area contributed by atoms with Crippen molar-refractivity contribution >= 4 is 17.6 Å². The van der Waals surface area contributed by atoms with Crippen LogP contribution in [0.1, 0.15) is 15.9 Å². The van der Waals surface area contributed by atoms with Crippen LogP contribution in [0.25, 0.3) is 22.8 Å². The SMILES string of the molecule is NC(=O)Nc1ccc(CNC(=O)c2ccccc2-c2ncc(-c3ccccc3)o2)cc1. The van der Waals surface area contributed by atoms with Gasteiger partial charge in [0.1, 0.15) is 0 Å². The van der Waals surface area contributed by atoms with Crippen LogP contribution < -0.4 is 16.4 Å². The van der Waals surface area contributed by atoms with E-state index in [1.807, 2.05) is 36.4 Å². The average Bonchev–Trinajstić information content (AvgIpc) is 3.29. The van der Waals surface area contributed by atoms with Gasteiger partial charge in [-0.15, -0.1) is 0 Å². The third-order valence-corrected chi connectivity index (χ3v) is 4.64. The molecular formula is C24H20N4O3. The van der Waals surface area contributed by atoms with Crippen LogP contribution in [-0.2, 0) is 6.54 Å². The second-order valence-corrected chi connectivity index (χ2v) is 6.81. The van der Waals surface area contributed by atoms with Gasteiger partial charge in [-0.1, -0.05) is 54.6 Å². The molecule has 0 bridgehead atoms. The van der Waals surface area contributed by atoms with E-state index in [9.17, 15) is 9.59 Å². The Labute approximate surface area is 178 Å². The number of carbonyl (C=O) groups excluding carboxylic acids is 2. The Morgan fingerprint density at radius 2 is 1.61 bits per heavy atom. The minimum atomic E-state index is -0.625. The van der Waals surface area contributed by atoms with Crippen LogP contribution in [0.2, 0.25) is 0 Å². The van der Waals surface area contributed by atoms with Crippen molar-refractivity contribution in [1.82, 2.24) is 10.3 Å². The van der Waals surface area contributed by atoms with Gasteiger partial charge in [0.05, 0.1) is 11.8 Å². The van der Waals surface area contributed by atoms with Gasteiger partial charge in [0.25, 0.3) is 5.91 Å². The van der Waals surface area contributed by atoms with E-state index in [1.165, 1.54) is 0 Å². The van der Waals surface area contributed by atoms with E-state index >= 15 is 0 Å². The monoisotopic (exact) mass is 412 g/mol. The number of nitrogens with zero attached hydrogens (tertiary/aromatic N) is 1. The molecule has 154 valence electrons. The van der Waals surface area contributed by atoms with Gasteiger partial charge < -0.3 is 20.8 Å². The summed E-state index contributed by atoms with van der Waals surface area (Å²) < 4.78 is 5.92. The van der Waals surface area contributed by atoms with Crippen molar-refractivity contribution in [2.24, 2.45) is 5.73 Å². The van der Waals surface area contributed by atoms with E-state index in [0.29, 0.717) is 35.0 Å². The lowest BCUT2D eigenvalue weighted by Gasteiger charge is -2.09. The summed E-state index contributed by atoms with van der Waals surface area (Å²) in [6, 6.07) is 23.3. The molecule has 0 atom stereocenters. The lowest BCUT2D eigenvalue weighted by Crippen LogP contribution is -2.23. The van der Waals surface area contributed by atoms with Crippen molar-refractivity contribution in [2.75, 3.05) is 5.32 Å². The largest absolute Gasteiger partial charge is 0.436 e. The zero-order valence-electron chi connectivity index (χ0n) is 16.5. The Balaban J connectivity index is 1.49. The van der Waals surface area contributed by atoms with E-state index in [2.05, 4.69) is 15.6 Å². The first-order valence-electron chi connectivity index (χ1n) is 9.64. The molecule has 3 amide bonds. The average molecular weight is 412 g/mol. The van der Waals surface area contributed by atoms with E-state index in [0.717, 1.165) is 11.1 Å².